The van der Waals surface area contributed by atoms with Crippen LogP contribution in [0.5, 0.6) is 0 Å². The summed E-state index contributed by atoms with van der Waals surface area (Å²) in [5.41, 5.74) is 0. The maximum absolute atomic E-state index is 11.0. The highest BCUT2D eigenvalue weighted by Gasteiger charge is 2.55. The highest BCUT2D eigenvalue weighted by Crippen LogP contribution is 2.60. The fourth-order valence-electron chi connectivity index (χ4n) is 4.36. The molecule has 3 fully saturated rings. The van der Waals surface area contributed by atoms with E-state index in [0.29, 0.717) is 5.92 Å². The van der Waals surface area contributed by atoms with E-state index in [1.54, 1.807) is 0 Å². The van der Waals surface area contributed by atoms with Gasteiger partial charge in [-0.3, -0.25) is 4.79 Å². The number of carboxylic acid groups (broad SMARTS) is 1. The summed E-state index contributed by atoms with van der Waals surface area (Å²) in [6.45, 7) is 0. The normalized spacial score (nSPS) is 52.5. The second-order valence-corrected chi connectivity index (χ2v) is 5.10. The highest BCUT2D eigenvalue weighted by molar-refractivity contribution is 5.71. The van der Waals surface area contributed by atoms with Crippen LogP contribution in [0.4, 0.5) is 0 Å². The van der Waals surface area contributed by atoms with Crippen LogP contribution in [0.1, 0.15) is 32.1 Å². The van der Waals surface area contributed by atoms with E-state index in [1.807, 2.05) is 0 Å². The maximum Gasteiger partial charge on any atom is 0.306 e. The number of carboxylic acids is 1. The van der Waals surface area contributed by atoms with Gasteiger partial charge in [-0.1, -0.05) is 0 Å². The van der Waals surface area contributed by atoms with Gasteiger partial charge < -0.3 is 5.11 Å². The zero-order chi connectivity index (χ0) is 9.00. The number of hydrogen-bond donors (Lipinski definition) is 1. The van der Waals surface area contributed by atoms with Gasteiger partial charge in [-0.25, -0.2) is 0 Å². The molecule has 5 atom stereocenters. The van der Waals surface area contributed by atoms with E-state index >= 15 is 0 Å². The molecular formula is C11H16O2. The van der Waals surface area contributed by atoms with Crippen LogP contribution in [-0.4, -0.2) is 11.1 Å². The standard InChI is InChI=1S/C11H16O2/c12-11(13)9-4-3-8-6-1-2-7(5-6)10(8)9/h6-10H,1-5H2,(H,12,13)/t6-,7-,8-,9+,10+/m0/s1. The average molecular weight is 180 g/mol. The van der Waals surface area contributed by atoms with Crippen LogP contribution in [0, 0.1) is 29.6 Å². The molecule has 0 heterocycles. The summed E-state index contributed by atoms with van der Waals surface area (Å²) < 4.78 is 0. The Morgan fingerprint density at radius 2 is 1.85 bits per heavy atom. The molecule has 0 aromatic rings. The number of aliphatic carboxylic acids is 1. The molecule has 0 aliphatic heterocycles. The lowest BCUT2D eigenvalue weighted by Gasteiger charge is -2.26. The van der Waals surface area contributed by atoms with Crippen LogP contribution in [0.3, 0.4) is 0 Å². The number of carbonyl (C=O) groups is 1. The second-order valence-electron chi connectivity index (χ2n) is 5.10. The van der Waals surface area contributed by atoms with Crippen molar-refractivity contribution in [3.8, 4) is 0 Å². The third kappa shape index (κ3) is 0.918. The van der Waals surface area contributed by atoms with E-state index in [1.165, 1.54) is 25.7 Å². The van der Waals surface area contributed by atoms with Crippen LogP contribution in [0.15, 0.2) is 0 Å². The molecule has 2 nitrogen and oxygen atoms in total. The van der Waals surface area contributed by atoms with Gasteiger partial charge >= 0.3 is 5.97 Å². The minimum atomic E-state index is -0.528. The van der Waals surface area contributed by atoms with E-state index in [9.17, 15) is 4.79 Å². The second kappa shape index (κ2) is 2.49. The van der Waals surface area contributed by atoms with E-state index in [-0.39, 0.29) is 5.92 Å². The molecule has 3 saturated carbocycles. The lowest BCUT2D eigenvalue weighted by Crippen LogP contribution is -2.26. The van der Waals surface area contributed by atoms with Crippen molar-refractivity contribution in [1.29, 1.82) is 0 Å². The van der Waals surface area contributed by atoms with Crippen LogP contribution >= 0.6 is 0 Å². The van der Waals surface area contributed by atoms with Crippen molar-refractivity contribution in [2.75, 3.05) is 0 Å². The molecule has 72 valence electrons. The van der Waals surface area contributed by atoms with Crippen LogP contribution in [-0.2, 0) is 4.79 Å². The fourth-order valence-corrected chi connectivity index (χ4v) is 4.36. The summed E-state index contributed by atoms with van der Waals surface area (Å²) >= 11 is 0. The monoisotopic (exact) mass is 180 g/mol. The Balaban J connectivity index is 1.87. The van der Waals surface area contributed by atoms with Crippen molar-refractivity contribution in [1.82, 2.24) is 0 Å². The summed E-state index contributed by atoms with van der Waals surface area (Å²) in [4.78, 5) is 11.0. The van der Waals surface area contributed by atoms with Crippen LogP contribution in [0.25, 0.3) is 0 Å². The zero-order valence-electron chi connectivity index (χ0n) is 7.78. The first kappa shape index (κ1) is 7.84. The van der Waals surface area contributed by atoms with E-state index in [0.717, 1.165) is 24.2 Å². The number of rotatable bonds is 1. The van der Waals surface area contributed by atoms with Gasteiger partial charge in [0.2, 0.25) is 0 Å². The van der Waals surface area contributed by atoms with Crippen molar-refractivity contribution >= 4 is 5.97 Å². The van der Waals surface area contributed by atoms with E-state index in [4.69, 9.17) is 5.11 Å². The molecule has 0 aromatic carbocycles. The summed E-state index contributed by atoms with van der Waals surface area (Å²) in [6, 6.07) is 0. The topological polar surface area (TPSA) is 37.3 Å². The van der Waals surface area contributed by atoms with E-state index < -0.39 is 5.97 Å². The summed E-state index contributed by atoms with van der Waals surface area (Å²) in [5.74, 6) is 2.52. The smallest absolute Gasteiger partial charge is 0.306 e. The Hall–Kier alpha value is -0.530. The minimum Gasteiger partial charge on any atom is -0.481 e. The van der Waals surface area contributed by atoms with Gasteiger partial charge in [0.1, 0.15) is 0 Å². The molecule has 13 heavy (non-hydrogen) atoms. The first-order valence-electron chi connectivity index (χ1n) is 5.50. The SMILES string of the molecule is O=C(O)[C@@H]1CC[C@H]2[C@H]3CC[C@@H](C3)[C@H]21. The van der Waals surface area contributed by atoms with Crippen molar-refractivity contribution < 1.29 is 9.90 Å². The molecule has 3 rings (SSSR count). The molecule has 2 bridgehead atoms. The Bertz CT molecular complexity index is 248. The molecule has 0 saturated heterocycles. The van der Waals surface area contributed by atoms with Crippen molar-refractivity contribution in [2.24, 2.45) is 29.6 Å². The molecule has 3 aliphatic carbocycles. The first-order chi connectivity index (χ1) is 6.27. The Morgan fingerprint density at radius 3 is 2.62 bits per heavy atom. The lowest BCUT2D eigenvalue weighted by atomic mass is 9.78. The van der Waals surface area contributed by atoms with Gasteiger partial charge in [0, 0.05) is 0 Å². The molecular weight excluding hydrogens is 164 g/mol. The molecule has 0 spiro atoms. The molecule has 0 amide bonds. The van der Waals surface area contributed by atoms with Gasteiger partial charge in [-0.15, -0.1) is 0 Å². The van der Waals surface area contributed by atoms with Crippen molar-refractivity contribution in [2.45, 2.75) is 32.1 Å². The zero-order valence-corrected chi connectivity index (χ0v) is 7.78. The van der Waals surface area contributed by atoms with Gasteiger partial charge in [0.25, 0.3) is 0 Å². The molecule has 2 heteroatoms. The van der Waals surface area contributed by atoms with Crippen molar-refractivity contribution in [3.05, 3.63) is 0 Å². The van der Waals surface area contributed by atoms with Gasteiger partial charge in [0.15, 0.2) is 0 Å². The molecule has 1 N–H and O–H groups in total. The van der Waals surface area contributed by atoms with Crippen LogP contribution in [0.2, 0.25) is 0 Å². The summed E-state index contributed by atoms with van der Waals surface area (Å²) in [6.07, 6.45) is 6.20. The Kier molecular flexibility index (Phi) is 1.50. The fraction of sp³-hybridized carbons (Fsp3) is 0.909. The molecule has 0 aromatic heterocycles. The molecule has 3 aliphatic rings. The third-order valence-electron chi connectivity index (χ3n) is 4.75. The predicted molar refractivity (Wildman–Crippen MR) is 48.2 cm³/mol. The quantitative estimate of drug-likeness (QED) is 0.671. The highest BCUT2D eigenvalue weighted by atomic mass is 16.4. The third-order valence-corrected chi connectivity index (χ3v) is 4.75. The maximum atomic E-state index is 11.0. The molecule has 0 unspecified atom stereocenters. The van der Waals surface area contributed by atoms with Crippen LogP contribution < -0.4 is 0 Å². The number of hydrogen-bond acceptors (Lipinski definition) is 1. The van der Waals surface area contributed by atoms with E-state index in [2.05, 4.69) is 0 Å². The lowest BCUT2D eigenvalue weighted by molar-refractivity contribution is -0.143. The average Bonchev–Trinajstić information content (AvgIpc) is 2.76. The Morgan fingerprint density at radius 1 is 1.08 bits per heavy atom. The predicted octanol–water partition coefficient (Wildman–Crippen LogP) is 2.14. The van der Waals surface area contributed by atoms with Crippen molar-refractivity contribution in [3.63, 3.8) is 0 Å². The van der Waals surface area contributed by atoms with Gasteiger partial charge in [0.05, 0.1) is 5.92 Å². The minimum absolute atomic E-state index is 0.0142. The van der Waals surface area contributed by atoms with Gasteiger partial charge in [-0.2, -0.15) is 0 Å². The molecule has 0 radical (unpaired) electrons. The summed E-state index contributed by atoms with van der Waals surface area (Å²) in [7, 11) is 0. The van der Waals surface area contributed by atoms with Gasteiger partial charge in [-0.05, 0) is 55.8 Å². The number of fused-ring (bicyclic) bond motifs is 5. The first-order valence-corrected chi connectivity index (χ1v) is 5.50. The Labute approximate surface area is 78.3 Å². The summed E-state index contributed by atoms with van der Waals surface area (Å²) in [5, 5.41) is 9.09. The largest absolute Gasteiger partial charge is 0.481 e.